The Kier molecular flexibility index (Phi) is 5.31. The molecule has 21 heavy (non-hydrogen) atoms. The van der Waals surface area contributed by atoms with Crippen molar-refractivity contribution in [2.24, 2.45) is 5.92 Å². The quantitative estimate of drug-likeness (QED) is 0.803. The first-order chi connectivity index (χ1) is 9.92. The number of aromatic nitrogens is 1. The van der Waals surface area contributed by atoms with Gasteiger partial charge >= 0.3 is 5.97 Å². The predicted molar refractivity (Wildman–Crippen MR) is 79.2 cm³/mol. The second-order valence-electron chi connectivity index (χ2n) is 4.94. The smallest absolute Gasteiger partial charge is 0.307 e. The van der Waals surface area contributed by atoms with Crippen molar-refractivity contribution in [3.8, 4) is 0 Å². The third-order valence-electron chi connectivity index (χ3n) is 3.43. The van der Waals surface area contributed by atoms with E-state index in [9.17, 15) is 13.2 Å². The van der Waals surface area contributed by atoms with E-state index in [1.54, 1.807) is 6.20 Å². The van der Waals surface area contributed by atoms with Gasteiger partial charge in [-0.05, 0) is 19.3 Å². The summed E-state index contributed by atoms with van der Waals surface area (Å²) in [7, 11) is -3.66. The van der Waals surface area contributed by atoms with Gasteiger partial charge in [-0.15, -0.1) is 11.3 Å². The van der Waals surface area contributed by atoms with Crippen molar-refractivity contribution in [3.63, 3.8) is 0 Å². The number of piperidine rings is 1. The summed E-state index contributed by atoms with van der Waals surface area (Å²) in [5.41, 5.74) is 0. The number of carboxylic acid groups (broad SMARTS) is 1. The average molecular weight is 333 g/mol. The van der Waals surface area contributed by atoms with Gasteiger partial charge in [-0.3, -0.25) is 4.79 Å². The Morgan fingerprint density at radius 1 is 1.62 bits per heavy atom. The highest BCUT2D eigenvalue weighted by Crippen LogP contribution is 2.19. The maximum absolute atomic E-state index is 12.2. The van der Waals surface area contributed by atoms with Crippen LogP contribution in [0.3, 0.4) is 0 Å². The number of nitrogens with zero attached hydrogens (tertiary/aromatic N) is 2. The van der Waals surface area contributed by atoms with Crippen LogP contribution >= 0.6 is 11.3 Å². The van der Waals surface area contributed by atoms with Gasteiger partial charge in [-0.1, -0.05) is 6.92 Å². The molecule has 0 amide bonds. The molecule has 1 fully saturated rings. The lowest BCUT2D eigenvalue weighted by atomic mass is 10.0. The number of nitrogens with one attached hydrogen (secondary N) is 1. The molecule has 0 aromatic carbocycles. The molecule has 2 heterocycles. The monoisotopic (exact) mass is 333 g/mol. The Morgan fingerprint density at radius 3 is 3.00 bits per heavy atom. The van der Waals surface area contributed by atoms with E-state index in [1.807, 2.05) is 6.92 Å². The van der Waals surface area contributed by atoms with E-state index in [4.69, 9.17) is 5.11 Å². The number of aliphatic carboxylic acids is 1. The van der Waals surface area contributed by atoms with Gasteiger partial charge in [0.15, 0.2) is 0 Å². The Labute approximate surface area is 128 Å². The Hall–Kier alpha value is -1.03. The Bertz CT molecular complexity index is 599. The van der Waals surface area contributed by atoms with Gasteiger partial charge in [-0.2, -0.15) is 17.4 Å². The standard InChI is InChI=1S/C12H19N3O4S2/c1-2-10-6-13-11(20-10)7-14-21(18,19)15-5-3-4-9(8-15)12(16)17/h6,9,14H,2-5,7-8H2,1H3,(H,16,17). The van der Waals surface area contributed by atoms with Crippen LogP contribution in [0.2, 0.25) is 0 Å². The molecule has 1 unspecified atom stereocenters. The third kappa shape index (κ3) is 4.22. The highest BCUT2D eigenvalue weighted by molar-refractivity contribution is 7.87. The summed E-state index contributed by atoms with van der Waals surface area (Å²) < 4.78 is 28.1. The van der Waals surface area contributed by atoms with E-state index < -0.39 is 22.1 Å². The van der Waals surface area contributed by atoms with E-state index in [1.165, 1.54) is 15.6 Å². The lowest BCUT2D eigenvalue weighted by Crippen LogP contribution is -2.47. The minimum atomic E-state index is -3.66. The van der Waals surface area contributed by atoms with Crippen molar-refractivity contribution < 1.29 is 18.3 Å². The van der Waals surface area contributed by atoms with Gasteiger partial charge < -0.3 is 5.11 Å². The molecule has 1 aliphatic heterocycles. The normalized spacial score (nSPS) is 20.5. The van der Waals surface area contributed by atoms with Gasteiger partial charge in [0.05, 0.1) is 12.5 Å². The van der Waals surface area contributed by atoms with Crippen molar-refractivity contribution in [2.75, 3.05) is 13.1 Å². The minimum Gasteiger partial charge on any atom is -0.481 e. The zero-order valence-corrected chi connectivity index (χ0v) is 13.4. The fourth-order valence-corrected chi connectivity index (χ4v) is 4.34. The van der Waals surface area contributed by atoms with Crippen molar-refractivity contribution in [1.82, 2.24) is 14.0 Å². The first-order valence-electron chi connectivity index (χ1n) is 6.83. The van der Waals surface area contributed by atoms with Crippen LogP contribution in [0.5, 0.6) is 0 Å². The zero-order valence-electron chi connectivity index (χ0n) is 11.8. The lowest BCUT2D eigenvalue weighted by Gasteiger charge is -2.29. The van der Waals surface area contributed by atoms with Crippen molar-refractivity contribution in [1.29, 1.82) is 0 Å². The van der Waals surface area contributed by atoms with Crippen LogP contribution in [0.4, 0.5) is 0 Å². The molecular formula is C12H19N3O4S2. The van der Waals surface area contributed by atoms with Crippen molar-refractivity contribution >= 4 is 27.5 Å². The molecule has 1 saturated heterocycles. The maximum Gasteiger partial charge on any atom is 0.307 e. The first-order valence-corrected chi connectivity index (χ1v) is 9.09. The van der Waals surface area contributed by atoms with Gasteiger partial charge in [0.2, 0.25) is 0 Å². The fourth-order valence-electron chi connectivity index (χ4n) is 2.20. The van der Waals surface area contributed by atoms with Crippen LogP contribution in [-0.4, -0.2) is 41.9 Å². The zero-order chi connectivity index (χ0) is 15.5. The molecule has 9 heteroatoms. The maximum atomic E-state index is 12.2. The molecule has 1 aliphatic rings. The molecule has 0 radical (unpaired) electrons. The van der Waals surface area contributed by atoms with Crippen LogP contribution in [-0.2, 0) is 28.0 Å². The van der Waals surface area contributed by atoms with Gasteiger partial charge in [0, 0.05) is 24.2 Å². The molecule has 0 saturated carbocycles. The summed E-state index contributed by atoms with van der Waals surface area (Å²) in [4.78, 5) is 16.3. The molecular weight excluding hydrogens is 314 g/mol. The van der Waals surface area contributed by atoms with Crippen molar-refractivity contribution in [3.05, 3.63) is 16.1 Å². The molecule has 0 aliphatic carbocycles. The van der Waals surface area contributed by atoms with E-state index in [2.05, 4.69) is 9.71 Å². The van der Waals surface area contributed by atoms with E-state index >= 15 is 0 Å². The Balaban J connectivity index is 1.96. The van der Waals surface area contributed by atoms with Gasteiger partial charge in [-0.25, -0.2) is 4.98 Å². The van der Waals surface area contributed by atoms with Crippen molar-refractivity contribution in [2.45, 2.75) is 32.7 Å². The van der Waals surface area contributed by atoms with E-state index in [-0.39, 0.29) is 13.1 Å². The number of rotatable bonds is 6. The van der Waals surface area contributed by atoms with Crippen LogP contribution in [0.1, 0.15) is 29.7 Å². The Morgan fingerprint density at radius 2 is 2.38 bits per heavy atom. The number of carboxylic acids is 1. The molecule has 7 nitrogen and oxygen atoms in total. The highest BCUT2D eigenvalue weighted by atomic mass is 32.2. The van der Waals surface area contributed by atoms with Crippen LogP contribution in [0, 0.1) is 5.92 Å². The number of hydrogen-bond acceptors (Lipinski definition) is 5. The number of hydrogen-bond donors (Lipinski definition) is 2. The average Bonchev–Trinajstić information content (AvgIpc) is 2.93. The summed E-state index contributed by atoms with van der Waals surface area (Å²) in [5, 5.41) is 9.72. The molecule has 0 bridgehead atoms. The largest absolute Gasteiger partial charge is 0.481 e. The van der Waals surface area contributed by atoms with E-state index in [0.717, 1.165) is 11.3 Å². The SMILES string of the molecule is CCc1cnc(CNS(=O)(=O)N2CCCC(C(=O)O)C2)s1. The molecule has 0 spiro atoms. The van der Waals surface area contributed by atoms with Crippen LogP contribution in [0.25, 0.3) is 0 Å². The topological polar surface area (TPSA) is 99.6 Å². The summed E-state index contributed by atoms with van der Waals surface area (Å²) in [6, 6.07) is 0. The van der Waals surface area contributed by atoms with Gasteiger partial charge in [0.25, 0.3) is 10.2 Å². The molecule has 1 aromatic rings. The molecule has 1 atom stereocenters. The third-order valence-corrected chi connectivity index (χ3v) is 6.09. The molecule has 2 rings (SSSR count). The molecule has 118 valence electrons. The minimum absolute atomic E-state index is 0.0305. The highest BCUT2D eigenvalue weighted by Gasteiger charge is 2.32. The molecule has 1 aromatic heterocycles. The molecule has 2 N–H and O–H groups in total. The predicted octanol–water partition coefficient (Wildman–Crippen LogP) is 0.836. The summed E-state index contributed by atoms with van der Waals surface area (Å²) in [6.45, 7) is 2.54. The second kappa shape index (κ2) is 6.82. The number of carbonyl (C=O) groups is 1. The fraction of sp³-hybridized carbons (Fsp3) is 0.667. The van der Waals surface area contributed by atoms with Crippen LogP contribution in [0.15, 0.2) is 6.20 Å². The van der Waals surface area contributed by atoms with Gasteiger partial charge in [0.1, 0.15) is 5.01 Å². The first kappa shape index (κ1) is 16.3. The summed E-state index contributed by atoms with van der Waals surface area (Å²) >= 11 is 1.47. The summed E-state index contributed by atoms with van der Waals surface area (Å²) in [5.74, 6) is -1.57. The lowest BCUT2D eigenvalue weighted by molar-refractivity contribution is -0.142. The van der Waals surface area contributed by atoms with Crippen LogP contribution < -0.4 is 4.72 Å². The summed E-state index contributed by atoms with van der Waals surface area (Å²) in [6.07, 6.45) is 3.70. The van der Waals surface area contributed by atoms with E-state index in [0.29, 0.717) is 24.4 Å². The number of aryl methyl sites for hydroxylation is 1. The number of thiazole rings is 1. The second-order valence-corrected chi connectivity index (χ2v) is 7.89.